The number of carbonyl (C=O) groups is 1. The fraction of sp³-hybridized carbons (Fsp3) is 0.125. The molecule has 0 heterocycles. The summed E-state index contributed by atoms with van der Waals surface area (Å²) in [5.41, 5.74) is 6.48. The molecule has 1 aromatic rings. The van der Waals surface area contributed by atoms with Gasteiger partial charge >= 0.3 is 144 Å². The second kappa shape index (κ2) is 5.16. The Balaban J connectivity index is 3.06. The molecule has 2 N–H and O–H groups in total. The normalized spacial score (nSPS) is 11.3. The van der Waals surface area contributed by atoms with E-state index >= 15 is 0 Å². The van der Waals surface area contributed by atoms with Crippen molar-refractivity contribution in [2.24, 2.45) is 5.73 Å². The number of hydrogen-bond donors (Lipinski definition) is 1. The maximum atomic E-state index is 11.1. The average molecular weight is 211 g/mol. The van der Waals surface area contributed by atoms with E-state index in [9.17, 15) is 4.79 Å². The van der Waals surface area contributed by atoms with Gasteiger partial charge in [0.1, 0.15) is 0 Å². The van der Waals surface area contributed by atoms with Gasteiger partial charge in [0.2, 0.25) is 0 Å². The number of primary amides is 1. The standard InChI is InChI=1S/C8H7NO.2K/c9-8(10)6-7-4-2-1-3-5-7;;/h1-5H,(H2,9,10);;. The zero-order valence-electron chi connectivity index (χ0n) is 7.37. The summed E-state index contributed by atoms with van der Waals surface area (Å²) >= 11 is 0.903. The van der Waals surface area contributed by atoms with Crippen molar-refractivity contribution in [3.05, 3.63) is 35.9 Å². The molecule has 2 nitrogen and oxygen atoms in total. The van der Waals surface area contributed by atoms with Crippen LogP contribution in [0.5, 0.6) is 0 Å². The summed E-state index contributed by atoms with van der Waals surface area (Å²) in [6.07, 6.45) is 0. The molecule has 0 aromatic heterocycles. The summed E-state index contributed by atoms with van der Waals surface area (Å²) in [4.78, 5) is 11.1. The SMILES string of the molecule is NC(=O)[C]([K])([K])c1ccccc1. The first-order chi connectivity index (χ1) is 5.55. The Morgan fingerprint density at radius 3 is 2.17 bits per heavy atom. The summed E-state index contributed by atoms with van der Waals surface area (Å²) < 4.78 is -0.193. The van der Waals surface area contributed by atoms with Crippen molar-refractivity contribution in [3.63, 3.8) is 0 Å². The van der Waals surface area contributed by atoms with Crippen LogP contribution in [0, 0.1) is 0 Å². The van der Waals surface area contributed by atoms with Crippen LogP contribution in [0.2, 0.25) is 0 Å². The van der Waals surface area contributed by atoms with Gasteiger partial charge in [0.15, 0.2) is 0 Å². The minimum atomic E-state index is -0.193. The Hall–Kier alpha value is 1.96. The van der Waals surface area contributed by atoms with E-state index in [1.807, 2.05) is 30.3 Å². The summed E-state index contributed by atoms with van der Waals surface area (Å²) in [5.74, 6) is -0.131. The summed E-state index contributed by atoms with van der Waals surface area (Å²) in [7, 11) is 0. The molecule has 0 bridgehead atoms. The van der Waals surface area contributed by atoms with Crippen LogP contribution >= 0.6 is 0 Å². The molecule has 0 unspecified atom stereocenters. The van der Waals surface area contributed by atoms with Gasteiger partial charge in [-0.15, -0.1) is 0 Å². The van der Waals surface area contributed by atoms with Gasteiger partial charge in [0, 0.05) is 0 Å². The minimum absolute atomic E-state index is 0.131. The van der Waals surface area contributed by atoms with Crippen LogP contribution in [0.15, 0.2) is 30.3 Å². The Labute approximate surface area is 140 Å². The van der Waals surface area contributed by atoms with Crippen LogP contribution in [0.1, 0.15) is 5.56 Å². The molecule has 0 saturated carbocycles. The monoisotopic (exact) mass is 211 g/mol. The van der Waals surface area contributed by atoms with Crippen LogP contribution < -0.4 is 5.73 Å². The molecule has 0 atom stereocenters. The molecular weight excluding hydrogens is 204 g/mol. The van der Waals surface area contributed by atoms with Gasteiger partial charge in [-0.25, -0.2) is 0 Å². The van der Waals surface area contributed by atoms with Crippen LogP contribution in [0.3, 0.4) is 0 Å². The number of amides is 1. The number of nitrogens with two attached hydrogens (primary N) is 1. The fourth-order valence-electron chi connectivity index (χ4n) is 0.997. The predicted octanol–water partition coefficient (Wildman–Crippen LogP) is -0.338. The van der Waals surface area contributed by atoms with E-state index in [0.717, 1.165) is 5.56 Å². The first-order valence-electron chi connectivity index (χ1n) is 3.90. The molecule has 0 aliphatic heterocycles. The summed E-state index contributed by atoms with van der Waals surface area (Å²) in [6.45, 7) is 0. The van der Waals surface area contributed by atoms with E-state index in [-0.39, 0.29) is -0.489 Å². The third-order valence-electron chi connectivity index (χ3n) is 2.11. The topological polar surface area (TPSA) is 43.1 Å². The molecule has 12 heavy (non-hydrogen) atoms. The molecule has 52 valence electrons. The van der Waals surface area contributed by atoms with Crippen LogP contribution in [0.4, 0.5) is 0 Å². The van der Waals surface area contributed by atoms with Gasteiger partial charge in [0.25, 0.3) is 0 Å². The van der Waals surface area contributed by atoms with Crippen LogP contribution in [-0.2, 0) is -1.60 Å². The Kier molecular flexibility index (Phi) is 5.17. The van der Waals surface area contributed by atoms with E-state index < -0.39 is 0 Å². The number of benzene rings is 1. The number of hydrogen-bond acceptors (Lipinski definition) is 1. The predicted molar refractivity (Wildman–Crippen MR) is 48.8 cm³/mol. The third-order valence-corrected chi connectivity index (χ3v) is 5.45. The Morgan fingerprint density at radius 1 is 1.25 bits per heavy atom. The molecule has 0 spiro atoms. The van der Waals surface area contributed by atoms with Gasteiger partial charge in [0.05, 0.1) is 0 Å². The molecule has 0 fully saturated rings. The fourth-order valence-corrected chi connectivity index (χ4v) is 2.04. The zero-order valence-corrected chi connectivity index (χ0v) is 13.6. The Morgan fingerprint density at radius 2 is 1.75 bits per heavy atom. The van der Waals surface area contributed by atoms with Gasteiger partial charge in [-0.1, -0.05) is 0 Å². The van der Waals surface area contributed by atoms with Crippen molar-refractivity contribution in [3.8, 4) is 0 Å². The molecule has 0 radical (unpaired) electrons. The molecular formula is C8H7K2NO. The Bertz CT molecular complexity index is 284. The molecule has 4 heteroatoms. The zero-order chi connectivity index (χ0) is 9.19. The molecule has 0 saturated heterocycles. The molecule has 0 aliphatic rings. The van der Waals surface area contributed by atoms with E-state index in [1.54, 1.807) is 0 Å². The molecule has 0 aliphatic carbocycles. The van der Waals surface area contributed by atoms with Crippen molar-refractivity contribution in [1.82, 2.24) is 0 Å². The van der Waals surface area contributed by atoms with Crippen molar-refractivity contribution in [2.45, 2.75) is -6.40 Å². The number of rotatable bonds is 2. The number of carbonyl (C=O) groups excluding carboxylic acids is 1. The van der Waals surface area contributed by atoms with Crippen LogP contribution in [0.25, 0.3) is 0 Å². The van der Waals surface area contributed by atoms with Crippen LogP contribution in [-0.4, -0.2) is 104 Å². The van der Waals surface area contributed by atoms with Crippen molar-refractivity contribution in [2.75, 3.05) is 0 Å². The quantitative estimate of drug-likeness (QED) is 0.668. The third kappa shape index (κ3) is 2.98. The average Bonchev–Trinajstić information content (AvgIpc) is 2.06. The summed E-state index contributed by atoms with van der Waals surface area (Å²) in [6, 6.07) is 9.89. The van der Waals surface area contributed by atoms with Crippen molar-refractivity contribution < 1.29 is 4.79 Å². The second-order valence-electron chi connectivity index (χ2n) is 3.36. The van der Waals surface area contributed by atoms with E-state index in [0.29, 0.717) is 97.9 Å². The second-order valence-corrected chi connectivity index (χ2v) is 14.5. The van der Waals surface area contributed by atoms with Gasteiger partial charge in [-0.05, 0) is 0 Å². The van der Waals surface area contributed by atoms with Crippen molar-refractivity contribution >= 4 is 104 Å². The van der Waals surface area contributed by atoms with Gasteiger partial charge < -0.3 is 0 Å². The summed E-state index contributed by atoms with van der Waals surface area (Å²) in [5, 5.41) is 0. The van der Waals surface area contributed by atoms with E-state index in [1.165, 1.54) is 0 Å². The molecule has 1 rings (SSSR count). The van der Waals surface area contributed by atoms with E-state index in [2.05, 4.69) is 0 Å². The maximum absolute atomic E-state index is 11.1. The first-order valence-corrected chi connectivity index (χ1v) is 7.03. The van der Waals surface area contributed by atoms with E-state index in [4.69, 9.17) is 5.73 Å². The molecule has 1 amide bonds. The van der Waals surface area contributed by atoms with Gasteiger partial charge in [-0.2, -0.15) is 0 Å². The molecule has 1 aromatic carbocycles. The first kappa shape index (κ1) is 12.0. The van der Waals surface area contributed by atoms with Crippen molar-refractivity contribution in [1.29, 1.82) is 0 Å². The van der Waals surface area contributed by atoms with Gasteiger partial charge in [-0.3, -0.25) is 0 Å².